The third-order valence-corrected chi connectivity index (χ3v) is 8.37. The Bertz CT molecular complexity index is 1080. The van der Waals surface area contributed by atoms with Crippen LogP contribution in [0.1, 0.15) is 61.5 Å². The summed E-state index contributed by atoms with van der Waals surface area (Å²) in [6, 6.07) is 5.33. The first kappa shape index (κ1) is 18.9. The maximum Gasteiger partial charge on any atom is 0.248 e. The molecule has 1 atom stereocenters. The Labute approximate surface area is 164 Å². The zero-order chi connectivity index (χ0) is 19.9. The van der Waals surface area contributed by atoms with E-state index in [2.05, 4.69) is 15.1 Å². The van der Waals surface area contributed by atoms with E-state index in [1.54, 1.807) is 18.6 Å². The lowest BCUT2D eigenvalue weighted by atomic mass is 10.1. The molecule has 7 nitrogen and oxygen atoms in total. The lowest BCUT2D eigenvalue weighted by Gasteiger charge is -2.26. The number of aromatic nitrogens is 4. The van der Waals surface area contributed by atoms with Gasteiger partial charge in [0, 0.05) is 12.4 Å². The van der Waals surface area contributed by atoms with Crippen molar-refractivity contribution < 1.29 is 12.9 Å². The summed E-state index contributed by atoms with van der Waals surface area (Å²) < 4.78 is 33.9. The maximum absolute atomic E-state index is 13.8. The second kappa shape index (κ2) is 6.84. The molecule has 2 heterocycles. The molecule has 1 saturated carbocycles. The molecule has 0 amide bonds. The number of sulfone groups is 1. The van der Waals surface area contributed by atoms with Crippen molar-refractivity contribution in [1.29, 1.82) is 0 Å². The minimum atomic E-state index is -3.69. The largest absolute Gasteiger partial charge is 0.337 e. The molecular formula is C20H24N4O3S. The molecule has 1 aromatic carbocycles. The molecule has 4 rings (SSSR count). The van der Waals surface area contributed by atoms with Gasteiger partial charge >= 0.3 is 0 Å². The van der Waals surface area contributed by atoms with Gasteiger partial charge in [-0.1, -0.05) is 30.1 Å². The van der Waals surface area contributed by atoms with Gasteiger partial charge in [0.15, 0.2) is 20.4 Å². The van der Waals surface area contributed by atoms with Gasteiger partial charge in [0.05, 0.1) is 17.3 Å². The Kier molecular flexibility index (Phi) is 4.61. The van der Waals surface area contributed by atoms with E-state index in [1.807, 2.05) is 43.7 Å². The average molecular weight is 401 g/mol. The van der Waals surface area contributed by atoms with E-state index < -0.39 is 14.6 Å². The van der Waals surface area contributed by atoms with Gasteiger partial charge in [-0.25, -0.2) is 13.4 Å². The molecule has 0 bridgehead atoms. The first-order valence-corrected chi connectivity index (χ1v) is 11.0. The maximum atomic E-state index is 13.8. The molecule has 0 radical (unpaired) electrons. The summed E-state index contributed by atoms with van der Waals surface area (Å²) in [6.45, 7) is 5.66. The minimum absolute atomic E-state index is 0.193. The van der Waals surface area contributed by atoms with Gasteiger partial charge in [-0.05, 0) is 50.8 Å². The number of hydrogen-bond donors (Lipinski definition) is 0. The van der Waals surface area contributed by atoms with Gasteiger partial charge in [-0.15, -0.1) is 0 Å². The minimum Gasteiger partial charge on any atom is -0.337 e. The molecule has 0 spiro atoms. The van der Waals surface area contributed by atoms with Gasteiger partial charge in [-0.2, -0.15) is 4.98 Å². The molecule has 28 heavy (non-hydrogen) atoms. The Morgan fingerprint density at radius 3 is 2.64 bits per heavy atom. The fourth-order valence-electron chi connectivity index (χ4n) is 3.97. The summed E-state index contributed by atoms with van der Waals surface area (Å²) in [7, 11) is -3.69. The van der Waals surface area contributed by atoms with Crippen LogP contribution in [0, 0.1) is 13.8 Å². The Balaban J connectivity index is 1.80. The molecule has 148 valence electrons. The van der Waals surface area contributed by atoms with Crippen LogP contribution >= 0.6 is 0 Å². The molecule has 8 heteroatoms. The van der Waals surface area contributed by atoms with Crippen LogP contribution in [0.4, 0.5) is 0 Å². The highest BCUT2D eigenvalue weighted by atomic mass is 32.2. The fourth-order valence-corrected chi connectivity index (χ4v) is 6.37. The van der Waals surface area contributed by atoms with Gasteiger partial charge in [0.2, 0.25) is 5.89 Å². The molecule has 0 saturated heterocycles. The van der Waals surface area contributed by atoms with Crippen LogP contribution < -0.4 is 0 Å². The van der Waals surface area contributed by atoms with Crippen molar-refractivity contribution in [3.05, 3.63) is 59.8 Å². The predicted octanol–water partition coefficient (Wildman–Crippen LogP) is 3.74. The highest BCUT2D eigenvalue weighted by Crippen LogP contribution is 2.48. The molecular weight excluding hydrogens is 376 g/mol. The van der Waals surface area contributed by atoms with Gasteiger partial charge in [-0.3, -0.25) is 0 Å². The topological polar surface area (TPSA) is 90.9 Å². The van der Waals surface area contributed by atoms with E-state index >= 15 is 0 Å². The van der Waals surface area contributed by atoms with Crippen molar-refractivity contribution in [3.63, 3.8) is 0 Å². The van der Waals surface area contributed by atoms with Crippen molar-refractivity contribution in [2.45, 2.75) is 62.1 Å². The molecule has 1 aliphatic carbocycles. The Hall–Kier alpha value is -2.48. The van der Waals surface area contributed by atoms with Gasteiger partial charge in [0.25, 0.3) is 0 Å². The quantitative estimate of drug-likeness (QED) is 0.648. The second-order valence-corrected chi connectivity index (χ2v) is 9.85. The Morgan fingerprint density at radius 2 is 1.96 bits per heavy atom. The number of imidazole rings is 1. The fraction of sp³-hybridized carbons (Fsp3) is 0.450. The van der Waals surface area contributed by atoms with Crippen LogP contribution in [-0.4, -0.2) is 28.1 Å². The first-order valence-electron chi connectivity index (χ1n) is 9.48. The Morgan fingerprint density at radius 1 is 1.21 bits per heavy atom. The summed E-state index contributed by atoms with van der Waals surface area (Å²) >= 11 is 0. The number of benzene rings is 1. The zero-order valence-electron chi connectivity index (χ0n) is 16.3. The van der Waals surface area contributed by atoms with Crippen molar-refractivity contribution >= 4 is 9.84 Å². The third kappa shape index (κ3) is 2.87. The predicted molar refractivity (Wildman–Crippen MR) is 104 cm³/mol. The third-order valence-electron chi connectivity index (χ3n) is 5.74. The summed E-state index contributed by atoms with van der Waals surface area (Å²) in [5, 5.41) is 4.11. The van der Waals surface area contributed by atoms with Crippen LogP contribution in [-0.2, 0) is 14.6 Å². The molecule has 0 aliphatic heterocycles. The summed E-state index contributed by atoms with van der Waals surface area (Å²) in [4.78, 5) is 8.96. The van der Waals surface area contributed by atoms with Crippen molar-refractivity contribution in [3.8, 4) is 0 Å². The second-order valence-electron chi connectivity index (χ2n) is 7.62. The standard InChI is InChI=1S/C20H24N4O3S/c1-14-6-7-15(2)17(12-14)28(25,26)20(8-4-5-9-20)19-22-18(23-27-19)16(3)24-11-10-21-13-24/h6-7,10-13,16H,4-5,8-9H2,1-3H3/t16-/m0/s1. The van der Waals surface area contributed by atoms with Crippen molar-refractivity contribution in [2.75, 3.05) is 0 Å². The van der Waals surface area contributed by atoms with E-state index in [1.165, 1.54) is 0 Å². The summed E-state index contributed by atoms with van der Waals surface area (Å²) in [6.07, 6.45) is 7.80. The molecule has 1 aliphatic rings. The van der Waals surface area contributed by atoms with E-state index in [4.69, 9.17) is 4.52 Å². The average Bonchev–Trinajstić information content (AvgIpc) is 3.43. The van der Waals surface area contributed by atoms with Crippen molar-refractivity contribution in [2.24, 2.45) is 0 Å². The summed E-state index contributed by atoms with van der Waals surface area (Å²) in [5.41, 5.74) is 1.65. The van der Waals surface area contributed by atoms with Crippen LogP contribution in [0.15, 0.2) is 46.3 Å². The van der Waals surface area contributed by atoms with E-state index in [9.17, 15) is 8.42 Å². The van der Waals surface area contributed by atoms with Gasteiger partial charge < -0.3 is 9.09 Å². The number of aryl methyl sites for hydroxylation is 2. The monoisotopic (exact) mass is 400 g/mol. The molecule has 0 N–H and O–H groups in total. The van der Waals surface area contributed by atoms with Crippen LogP contribution in [0.25, 0.3) is 0 Å². The van der Waals surface area contributed by atoms with Crippen LogP contribution in [0.2, 0.25) is 0 Å². The van der Waals surface area contributed by atoms with Crippen LogP contribution in [0.5, 0.6) is 0 Å². The van der Waals surface area contributed by atoms with Gasteiger partial charge in [0.1, 0.15) is 0 Å². The number of rotatable bonds is 5. The first-order chi connectivity index (χ1) is 13.3. The molecule has 3 aromatic rings. The molecule has 2 aromatic heterocycles. The highest BCUT2D eigenvalue weighted by Gasteiger charge is 2.53. The van der Waals surface area contributed by atoms with Crippen molar-refractivity contribution in [1.82, 2.24) is 19.7 Å². The lowest BCUT2D eigenvalue weighted by molar-refractivity contribution is 0.325. The zero-order valence-corrected chi connectivity index (χ0v) is 17.1. The number of nitrogens with zero attached hydrogens (tertiary/aromatic N) is 4. The lowest BCUT2D eigenvalue weighted by Crippen LogP contribution is -2.34. The molecule has 1 fully saturated rings. The smallest absolute Gasteiger partial charge is 0.248 e. The van der Waals surface area contributed by atoms with E-state index in [0.717, 1.165) is 24.0 Å². The van der Waals surface area contributed by atoms with Crippen LogP contribution in [0.3, 0.4) is 0 Å². The van der Waals surface area contributed by atoms with E-state index in [0.29, 0.717) is 23.6 Å². The SMILES string of the molecule is Cc1ccc(C)c(S(=O)(=O)C2(c3nc([C@H](C)n4ccnc4)no3)CCCC2)c1. The summed E-state index contributed by atoms with van der Waals surface area (Å²) in [5.74, 6) is 0.656. The molecule has 0 unspecified atom stereocenters. The highest BCUT2D eigenvalue weighted by molar-refractivity contribution is 7.92. The van der Waals surface area contributed by atoms with E-state index in [-0.39, 0.29) is 11.9 Å². The number of hydrogen-bond acceptors (Lipinski definition) is 6. The normalized spacial score (nSPS) is 17.7.